The van der Waals surface area contributed by atoms with Gasteiger partial charge in [0.2, 0.25) is 0 Å². The first-order valence-corrected chi connectivity index (χ1v) is 6.88. The fourth-order valence-corrected chi connectivity index (χ4v) is 2.13. The Labute approximate surface area is 119 Å². The maximum atomic E-state index is 14.0. The van der Waals surface area contributed by atoms with Gasteiger partial charge in [0.25, 0.3) is 0 Å². The van der Waals surface area contributed by atoms with E-state index in [1.54, 1.807) is 19.2 Å². The molecule has 0 spiro atoms. The van der Waals surface area contributed by atoms with Gasteiger partial charge < -0.3 is 10.1 Å². The highest BCUT2D eigenvalue weighted by Gasteiger charge is 2.15. The summed E-state index contributed by atoms with van der Waals surface area (Å²) < 4.78 is 19.9. The number of ether oxygens (including phenoxy) is 1. The Balaban J connectivity index is 2.35. The molecule has 2 aromatic rings. The van der Waals surface area contributed by atoms with E-state index in [2.05, 4.69) is 18.3 Å². The lowest BCUT2D eigenvalue weighted by Gasteiger charge is -2.17. The van der Waals surface area contributed by atoms with Gasteiger partial charge in [0.05, 0.1) is 0 Å². The van der Waals surface area contributed by atoms with Crippen molar-refractivity contribution in [2.24, 2.45) is 0 Å². The summed E-state index contributed by atoms with van der Waals surface area (Å²) in [7, 11) is 1.80. The maximum absolute atomic E-state index is 14.0. The van der Waals surface area contributed by atoms with Crippen LogP contribution in [0.3, 0.4) is 0 Å². The molecule has 0 aromatic heterocycles. The standard InChI is InChI=1S/C17H20FNO/c1-4-13-7-5-8-14(11-13)20-16-10-6-9-15(18)17(16)12(2)19-3/h5-12,19H,4H2,1-3H3. The van der Waals surface area contributed by atoms with Crippen LogP contribution in [0.2, 0.25) is 0 Å². The van der Waals surface area contributed by atoms with Gasteiger partial charge in [0.15, 0.2) is 0 Å². The van der Waals surface area contributed by atoms with Crippen molar-refractivity contribution in [2.45, 2.75) is 26.3 Å². The molecule has 2 nitrogen and oxygen atoms in total. The maximum Gasteiger partial charge on any atom is 0.135 e. The highest BCUT2D eigenvalue weighted by atomic mass is 19.1. The van der Waals surface area contributed by atoms with Crippen LogP contribution in [0.1, 0.15) is 31.0 Å². The average Bonchev–Trinajstić information content (AvgIpc) is 2.47. The van der Waals surface area contributed by atoms with Gasteiger partial charge in [-0.1, -0.05) is 25.1 Å². The van der Waals surface area contributed by atoms with Gasteiger partial charge in [-0.15, -0.1) is 0 Å². The Hall–Kier alpha value is -1.87. The Bertz CT molecular complexity index is 583. The minimum absolute atomic E-state index is 0.111. The fourth-order valence-electron chi connectivity index (χ4n) is 2.13. The summed E-state index contributed by atoms with van der Waals surface area (Å²) in [6, 6.07) is 12.7. The third kappa shape index (κ3) is 3.17. The lowest BCUT2D eigenvalue weighted by atomic mass is 10.1. The van der Waals surface area contributed by atoms with E-state index in [4.69, 9.17) is 4.74 Å². The Morgan fingerprint density at radius 1 is 1.20 bits per heavy atom. The number of rotatable bonds is 5. The van der Waals surface area contributed by atoms with Gasteiger partial charge in [-0.3, -0.25) is 0 Å². The van der Waals surface area contributed by atoms with Gasteiger partial charge in [-0.2, -0.15) is 0 Å². The number of hydrogen-bond acceptors (Lipinski definition) is 2. The van der Waals surface area contributed by atoms with Crippen LogP contribution in [0.5, 0.6) is 11.5 Å². The molecule has 0 aliphatic rings. The van der Waals surface area contributed by atoms with Crippen LogP contribution in [0.4, 0.5) is 4.39 Å². The molecule has 3 heteroatoms. The highest BCUT2D eigenvalue weighted by molar-refractivity contribution is 5.41. The van der Waals surface area contributed by atoms with Crippen molar-refractivity contribution in [1.29, 1.82) is 0 Å². The number of nitrogens with one attached hydrogen (secondary N) is 1. The first-order chi connectivity index (χ1) is 9.65. The molecule has 106 valence electrons. The minimum atomic E-state index is -0.254. The Kier molecular flexibility index (Phi) is 4.74. The normalized spacial score (nSPS) is 12.2. The zero-order valence-corrected chi connectivity index (χ0v) is 12.1. The van der Waals surface area contributed by atoms with E-state index in [1.807, 2.05) is 25.1 Å². The molecule has 1 unspecified atom stereocenters. The van der Waals surface area contributed by atoms with Gasteiger partial charge in [-0.05, 0) is 50.2 Å². The molecule has 0 saturated heterocycles. The molecule has 0 heterocycles. The molecule has 0 amide bonds. The van der Waals surface area contributed by atoms with E-state index in [0.717, 1.165) is 12.2 Å². The quantitative estimate of drug-likeness (QED) is 0.868. The predicted octanol–water partition coefficient (Wildman–Crippen LogP) is 4.46. The zero-order chi connectivity index (χ0) is 14.5. The SMILES string of the molecule is CCc1cccc(Oc2cccc(F)c2C(C)NC)c1. The lowest BCUT2D eigenvalue weighted by molar-refractivity contribution is 0.452. The monoisotopic (exact) mass is 273 g/mol. The smallest absolute Gasteiger partial charge is 0.135 e. The average molecular weight is 273 g/mol. The summed E-state index contributed by atoms with van der Waals surface area (Å²) in [6.45, 7) is 4.00. The van der Waals surface area contributed by atoms with E-state index in [0.29, 0.717) is 11.3 Å². The third-order valence-electron chi connectivity index (χ3n) is 3.41. The second kappa shape index (κ2) is 6.53. The molecule has 0 radical (unpaired) electrons. The summed E-state index contributed by atoms with van der Waals surface area (Å²) in [5.41, 5.74) is 1.75. The molecular weight excluding hydrogens is 253 g/mol. The van der Waals surface area contributed by atoms with E-state index in [-0.39, 0.29) is 11.9 Å². The molecule has 2 rings (SSSR count). The molecule has 20 heavy (non-hydrogen) atoms. The van der Waals surface area contributed by atoms with E-state index in [1.165, 1.54) is 11.6 Å². The van der Waals surface area contributed by atoms with Crippen LogP contribution >= 0.6 is 0 Å². The van der Waals surface area contributed by atoms with Crippen molar-refractivity contribution in [2.75, 3.05) is 7.05 Å². The van der Waals surface area contributed by atoms with E-state index >= 15 is 0 Å². The van der Waals surface area contributed by atoms with Crippen LogP contribution in [0, 0.1) is 5.82 Å². The Morgan fingerprint density at radius 2 is 1.95 bits per heavy atom. The van der Waals surface area contributed by atoms with Crippen LogP contribution in [-0.2, 0) is 6.42 Å². The topological polar surface area (TPSA) is 21.3 Å². The molecule has 0 saturated carbocycles. The molecule has 1 N–H and O–H groups in total. The first kappa shape index (κ1) is 14.5. The van der Waals surface area contributed by atoms with Crippen LogP contribution in [0.25, 0.3) is 0 Å². The van der Waals surface area contributed by atoms with Crippen molar-refractivity contribution >= 4 is 0 Å². The molecular formula is C17H20FNO. The van der Waals surface area contributed by atoms with Crippen molar-refractivity contribution in [3.63, 3.8) is 0 Å². The molecule has 1 atom stereocenters. The Morgan fingerprint density at radius 3 is 2.65 bits per heavy atom. The summed E-state index contributed by atoms with van der Waals surface area (Å²) in [4.78, 5) is 0. The van der Waals surface area contributed by atoms with Crippen molar-refractivity contribution in [3.05, 3.63) is 59.4 Å². The predicted molar refractivity (Wildman–Crippen MR) is 79.8 cm³/mol. The minimum Gasteiger partial charge on any atom is -0.457 e. The molecule has 2 aromatic carbocycles. The van der Waals surface area contributed by atoms with Crippen molar-refractivity contribution < 1.29 is 9.13 Å². The second-order valence-electron chi connectivity index (χ2n) is 4.77. The number of benzene rings is 2. The largest absolute Gasteiger partial charge is 0.457 e. The van der Waals surface area contributed by atoms with Crippen molar-refractivity contribution in [3.8, 4) is 11.5 Å². The van der Waals surface area contributed by atoms with Gasteiger partial charge in [0, 0.05) is 11.6 Å². The molecule has 0 bridgehead atoms. The lowest BCUT2D eigenvalue weighted by Crippen LogP contribution is -2.14. The first-order valence-electron chi connectivity index (χ1n) is 6.88. The van der Waals surface area contributed by atoms with Gasteiger partial charge in [0.1, 0.15) is 17.3 Å². The van der Waals surface area contributed by atoms with Crippen LogP contribution in [-0.4, -0.2) is 7.05 Å². The van der Waals surface area contributed by atoms with Crippen LogP contribution < -0.4 is 10.1 Å². The number of hydrogen-bond donors (Lipinski definition) is 1. The van der Waals surface area contributed by atoms with Gasteiger partial charge in [-0.25, -0.2) is 4.39 Å². The second-order valence-corrected chi connectivity index (χ2v) is 4.77. The van der Waals surface area contributed by atoms with Crippen molar-refractivity contribution in [1.82, 2.24) is 5.32 Å². The number of halogens is 1. The summed E-state index contributed by atoms with van der Waals surface area (Å²) in [6.07, 6.45) is 0.945. The fraction of sp³-hybridized carbons (Fsp3) is 0.294. The van der Waals surface area contributed by atoms with E-state index < -0.39 is 0 Å². The highest BCUT2D eigenvalue weighted by Crippen LogP contribution is 2.31. The summed E-state index contributed by atoms with van der Waals surface area (Å²) >= 11 is 0. The summed E-state index contributed by atoms with van der Waals surface area (Å²) in [5, 5.41) is 3.05. The third-order valence-corrected chi connectivity index (χ3v) is 3.41. The number of aryl methyl sites for hydroxylation is 1. The molecule has 0 aliphatic carbocycles. The zero-order valence-electron chi connectivity index (χ0n) is 12.1. The molecule has 0 fully saturated rings. The van der Waals surface area contributed by atoms with Crippen LogP contribution in [0.15, 0.2) is 42.5 Å². The summed E-state index contributed by atoms with van der Waals surface area (Å²) in [5.74, 6) is 1.04. The van der Waals surface area contributed by atoms with E-state index in [9.17, 15) is 4.39 Å². The van der Waals surface area contributed by atoms with Gasteiger partial charge >= 0.3 is 0 Å². The molecule has 0 aliphatic heterocycles.